The van der Waals surface area contributed by atoms with Gasteiger partial charge >= 0.3 is 0 Å². The van der Waals surface area contributed by atoms with Crippen molar-refractivity contribution in [3.63, 3.8) is 0 Å². The lowest BCUT2D eigenvalue weighted by molar-refractivity contribution is 0.0906. The van der Waals surface area contributed by atoms with Crippen LogP contribution in [0.2, 0.25) is 0 Å². The van der Waals surface area contributed by atoms with Crippen molar-refractivity contribution in [2.24, 2.45) is 5.92 Å². The fourth-order valence-corrected chi connectivity index (χ4v) is 2.63. The molecule has 0 aromatic heterocycles. The molecule has 0 radical (unpaired) electrons. The summed E-state index contributed by atoms with van der Waals surface area (Å²) in [5, 5.41) is 3.00. The van der Waals surface area contributed by atoms with Crippen LogP contribution in [0.25, 0.3) is 0 Å². The molecule has 1 aliphatic rings. The van der Waals surface area contributed by atoms with Gasteiger partial charge in [0.25, 0.3) is 5.91 Å². The van der Waals surface area contributed by atoms with Gasteiger partial charge < -0.3 is 10.1 Å². The van der Waals surface area contributed by atoms with E-state index >= 15 is 0 Å². The third kappa shape index (κ3) is 3.25. The second kappa shape index (κ2) is 6.04. The van der Waals surface area contributed by atoms with E-state index in [9.17, 15) is 9.18 Å². The molecule has 0 heterocycles. The number of rotatable bonds is 3. The fraction of sp³-hybridized carbons (Fsp3) is 0.533. The van der Waals surface area contributed by atoms with E-state index in [2.05, 4.69) is 12.2 Å². The molecule has 1 aromatic carbocycles. The molecule has 0 saturated heterocycles. The Bertz CT molecular complexity index is 461. The first kappa shape index (κ1) is 13.8. The summed E-state index contributed by atoms with van der Waals surface area (Å²) in [6.45, 7) is 2.15. The summed E-state index contributed by atoms with van der Waals surface area (Å²) < 4.78 is 18.4. The quantitative estimate of drug-likeness (QED) is 0.911. The Morgan fingerprint density at radius 3 is 2.79 bits per heavy atom. The SMILES string of the molecule is COc1ccc(F)cc1C(=O)NC1CCCCC1C. The average molecular weight is 265 g/mol. The summed E-state index contributed by atoms with van der Waals surface area (Å²) in [7, 11) is 1.48. The van der Waals surface area contributed by atoms with Crippen molar-refractivity contribution in [3.8, 4) is 5.75 Å². The number of ether oxygens (including phenoxy) is 1. The van der Waals surface area contributed by atoms with Crippen molar-refractivity contribution in [1.29, 1.82) is 0 Å². The second-order valence-corrected chi connectivity index (χ2v) is 5.19. The van der Waals surface area contributed by atoms with Gasteiger partial charge in [-0.05, 0) is 37.0 Å². The number of nitrogens with one attached hydrogen (secondary N) is 1. The van der Waals surface area contributed by atoms with Crippen molar-refractivity contribution in [2.45, 2.75) is 38.6 Å². The third-order valence-corrected chi connectivity index (χ3v) is 3.83. The maximum atomic E-state index is 13.3. The van der Waals surface area contributed by atoms with Crippen molar-refractivity contribution in [3.05, 3.63) is 29.6 Å². The second-order valence-electron chi connectivity index (χ2n) is 5.19. The number of hydrogen-bond acceptors (Lipinski definition) is 2. The van der Waals surface area contributed by atoms with E-state index in [1.54, 1.807) is 0 Å². The Hall–Kier alpha value is -1.58. The number of benzene rings is 1. The molecular weight excluding hydrogens is 245 g/mol. The molecule has 2 unspecified atom stereocenters. The molecule has 1 saturated carbocycles. The van der Waals surface area contributed by atoms with E-state index in [4.69, 9.17) is 4.74 Å². The Labute approximate surface area is 113 Å². The summed E-state index contributed by atoms with van der Waals surface area (Å²) >= 11 is 0. The largest absolute Gasteiger partial charge is 0.496 e. The molecule has 2 rings (SSSR count). The predicted octanol–water partition coefficient (Wildman–Crippen LogP) is 3.14. The van der Waals surface area contributed by atoms with Gasteiger partial charge in [-0.1, -0.05) is 19.8 Å². The zero-order valence-electron chi connectivity index (χ0n) is 11.4. The highest BCUT2D eigenvalue weighted by Gasteiger charge is 2.24. The van der Waals surface area contributed by atoms with Crippen LogP contribution in [0.15, 0.2) is 18.2 Å². The summed E-state index contributed by atoms with van der Waals surface area (Å²) in [5.41, 5.74) is 0.264. The number of carbonyl (C=O) groups is 1. The predicted molar refractivity (Wildman–Crippen MR) is 71.8 cm³/mol. The molecule has 104 valence electrons. The highest BCUT2D eigenvalue weighted by atomic mass is 19.1. The van der Waals surface area contributed by atoms with Crippen LogP contribution < -0.4 is 10.1 Å². The van der Waals surface area contributed by atoms with Crippen LogP contribution in [0.1, 0.15) is 43.0 Å². The Morgan fingerprint density at radius 1 is 1.37 bits per heavy atom. The van der Waals surface area contributed by atoms with Crippen LogP contribution in [0.3, 0.4) is 0 Å². The van der Waals surface area contributed by atoms with Gasteiger partial charge in [-0.3, -0.25) is 4.79 Å². The minimum atomic E-state index is -0.428. The van der Waals surface area contributed by atoms with E-state index in [-0.39, 0.29) is 17.5 Å². The van der Waals surface area contributed by atoms with Crippen LogP contribution in [-0.2, 0) is 0 Å². The molecule has 1 fully saturated rings. The van der Waals surface area contributed by atoms with E-state index in [1.807, 2.05) is 0 Å². The highest BCUT2D eigenvalue weighted by Crippen LogP contribution is 2.25. The molecule has 1 amide bonds. The zero-order chi connectivity index (χ0) is 13.8. The topological polar surface area (TPSA) is 38.3 Å². The maximum Gasteiger partial charge on any atom is 0.255 e. The number of halogens is 1. The standard InChI is InChI=1S/C15H20FNO2/c1-10-5-3-4-6-13(10)17-15(18)12-9-11(16)7-8-14(12)19-2/h7-10,13H,3-6H2,1-2H3,(H,17,18). The van der Waals surface area contributed by atoms with E-state index in [0.29, 0.717) is 11.7 Å². The van der Waals surface area contributed by atoms with Crippen LogP contribution in [-0.4, -0.2) is 19.1 Å². The molecule has 2 atom stereocenters. The molecule has 3 nitrogen and oxygen atoms in total. The van der Waals surface area contributed by atoms with Crippen molar-refractivity contribution in [2.75, 3.05) is 7.11 Å². The lowest BCUT2D eigenvalue weighted by Gasteiger charge is -2.29. The van der Waals surface area contributed by atoms with Crippen molar-refractivity contribution < 1.29 is 13.9 Å². The molecule has 0 aliphatic heterocycles. The van der Waals surface area contributed by atoms with E-state index < -0.39 is 5.82 Å². The van der Waals surface area contributed by atoms with Gasteiger partial charge in [0.2, 0.25) is 0 Å². The number of amides is 1. The Kier molecular flexibility index (Phi) is 4.40. The fourth-order valence-electron chi connectivity index (χ4n) is 2.63. The lowest BCUT2D eigenvalue weighted by Crippen LogP contribution is -2.41. The molecule has 1 N–H and O–H groups in total. The summed E-state index contributed by atoms with van der Waals surface area (Å²) in [6, 6.07) is 4.17. The smallest absolute Gasteiger partial charge is 0.255 e. The minimum absolute atomic E-state index is 0.175. The van der Waals surface area contributed by atoms with Crippen LogP contribution in [0, 0.1) is 11.7 Å². The number of hydrogen-bond donors (Lipinski definition) is 1. The Morgan fingerprint density at radius 2 is 2.11 bits per heavy atom. The normalized spacial score (nSPS) is 22.9. The van der Waals surface area contributed by atoms with Gasteiger partial charge in [-0.15, -0.1) is 0 Å². The van der Waals surface area contributed by atoms with Crippen LogP contribution in [0.5, 0.6) is 5.75 Å². The molecule has 0 bridgehead atoms. The van der Waals surface area contributed by atoms with Crippen molar-refractivity contribution in [1.82, 2.24) is 5.32 Å². The lowest BCUT2D eigenvalue weighted by atomic mass is 9.86. The monoisotopic (exact) mass is 265 g/mol. The van der Waals surface area contributed by atoms with Crippen LogP contribution >= 0.6 is 0 Å². The average Bonchev–Trinajstić information content (AvgIpc) is 2.41. The van der Waals surface area contributed by atoms with Gasteiger partial charge in [0, 0.05) is 6.04 Å². The third-order valence-electron chi connectivity index (χ3n) is 3.83. The number of methoxy groups -OCH3 is 1. The van der Waals surface area contributed by atoms with Gasteiger partial charge in [0.15, 0.2) is 0 Å². The van der Waals surface area contributed by atoms with Gasteiger partial charge in [-0.25, -0.2) is 4.39 Å². The van der Waals surface area contributed by atoms with E-state index in [1.165, 1.54) is 31.7 Å². The zero-order valence-corrected chi connectivity index (χ0v) is 11.4. The summed E-state index contributed by atoms with van der Waals surface area (Å²) in [5.74, 6) is 0.192. The van der Waals surface area contributed by atoms with E-state index in [0.717, 1.165) is 19.3 Å². The molecule has 0 spiro atoms. The summed E-state index contributed by atoms with van der Waals surface area (Å²) in [6.07, 6.45) is 4.47. The molecule has 1 aromatic rings. The Balaban J connectivity index is 2.13. The first-order valence-corrected chi connectivity index (χ1v) is 6.76. The number of carbonyl (C=O) groups excluding carboxylic acids is 1. The van der Waals surface area contributed by atoms with Crippen LogP contribution in [0.4, 0.5) is 4.39 Å². The minimum Gasteiger partial charge on any atom is -0.496 e. The van der Waals surface area contributed by atoms with Gasteiger partial charge in [0.05, 0.1) is 12.7 Å². The first-order chi connectivity index (χ1) is 9.11. The summed E-state index contributed by atoms with van der Waals surface area (Å²) in [4.78, 5) is 12.2. The maximum absolute atomic E-state index is 13.3. The van der Waals surface area contributed by atoms with Gasteiger partial charge in [0.1, 0.15) is 11.6 Å². The molecule has 1 aliphatic carbocycles. The molecule has 4 heteroatoms. The molecule has 19 heavy (non-hydrogen) atoms. The first-order valence-electron chi connectivity index (χ1n) is 6.76. The van der Waals surface area contributed by atoms with Crippen molar-refractivity contribution >= 4 is 5.91 Å². The highest BCUT2D eigenvalue weighted by molar-refractivity contribution is 5.97. The molecular formula is C15H20FNO2. The van der Waals surface area contributed by atoms with Gasteiger partial charge in [-0.2, -0.15) is 0 Å².